The van der Waals surface area contributed by atoms with Gasteiger partial charge in [-0.2, -0.15) is 0 Å². The van der Waals surface area contributed by atoms with Gasteiger partial charge in [-0.25, -0.2) is 4.79 Å². The standard InChI is InChI=1S/C21H31ClN4O5/c1-4-16(22)20(29)26(11-10-18(23)27)25-19(28)17(12-14(2)3)24-21(30)31-13-15-8-6-5-7-9-15/h5-9,14,16-17H,4,10-13H2,1-3H3,(H2,23,27)(H,24,30)(H,25,28)/t16?,17-/m1/s1. The Morgan fingerprint density at radius 3 is 2.35 bits per heavy atom. The highest BCUT2D eigenvalue weighted by Crippen LogP contribution is 2.09. The van der Waals surface area contributed by atoms with Gasteiger partial charge in [0.2, 0.25) is 5.91 Å². The molecule has 0 spiro atoms. The van der Waals surface area contributed by atoms with Crippen LogP contribution in [0.2, 0.25) is 0 Å². The van der Waals surface area contributed by atoms with Crippen LogP contribution in [0.25, 0.3) is 0 Å². The minimum Gasteiger partial charge on any atom is -0.445 e. The number of carbonyl (C=O) groups excluding carboxylic acids is 4. The number of alkyl carbamates (subject to hydrolysis) is 1. The van der Waals surface area contributed by atoms with Gasteiger partial charge in [0.15, 0.2) is 0 Å². The Labute approximate surface area is 187 Å². The van der Waals surface area contributed by atoms with Crippen molar-refractivity contribution in [2.45, 2.75) is 58.1 Å². The molecule has 2 atom stereocenters. The van der Waals surface area contributed by atoms with Gasteiger partial charge >= 0.3 is 6.09 Å². The van der Waals surface area contributed by atoms with Gasteiger partial charge in [-0.15, -0.1) is 11.6 Å². The van der Waals surface area contributed by atoms with E-state index in [4.69, 9.17) is 22.1 Å². The second-order valence-corrected chi connectivity index (χ2v) is 7.97. The minimum absolute atomic E-state index is 0.0519. The largest absolute Gasteiger partial charge is 0.445 e. The third-order valence-electron chi connectivity index (χ3n) is 4.25. The van der Waals surface area contributed by atoms with Crippen LogP contribution >= 0.6 is 11.6 Å². The molecule has 1 rings (SSSR count). The molecule has 0 aliphatic rings. The average molecular weight is 455 g/mol. The molecule has 10 heteroatoms. The van der Waals surface area contributed by atoms with Crippen molar-refractivity contribution < 1.29 is 23.9 Å². The normalized spacial score (nSPS) is 12.5. The van der Waals surface area contributed by atoms with Crippen LogP contribution in [0.3, 0.4) is 0 Å². The number of ether oxygens (including phenoxy) is 1. The molecule has 0 saturated carbocycles. The number of nitrogens with zero attached hydrogens (tertiary/aromatic N) is 1. The van der Waals surface area contributed by atoms with Crippen LogP contribution in [0.15, 0.2) is 30.3 Å². The van der Waals surface area contributed by atoms with E-state index in [1.54, 1.807) is 6.92 Å². The van der Waals surface area contributed by atoms with Gasteiger partial charge in [-0.3, -0.25) is 24.8 Å². The van der Waals surface area contributed by atoms with Crippen molar-refractivity contribution >= 4 is 35.4 Å². The molecule has 4 amide bonds. The molecule has 0 fully saturated rings. The van der Waals surface area contributed by atoms with E-state index < -0.39 is 35.2 Å². The second-order valence-electron chi connectivity index (χ2n) is 7.45. The Balaban J connectivity index is 2.81. The molecule has 4 N–H and O–H groups in total. The topological polar surface area (TPSA) is 131 Å². The number of primary amides is 1. The predicted molar refractivity (Wildman–Crippen MR) is 117 cm³/mol. The predicted octanol–water partition coefficient (Wildman–Crippen LogP) is 2.08. The summed E-state index contributed by atoms with van der Waals surface area (Å²) < 4.78 is 5.18. The van der Waals surface area contributed by atoms with Crippen LogP contribution in [0.4, 0.5) is 4.79 Å². The van der Waals surface area contributed by atoms with Crippen LogP contribution in [0, 0.1) is 5.92 Å². The lowest BCUT2D eigenvalue weighted by atomic mass is 10.0. The SMILES string of the molecule is CCC(Cl)C(=O)N(CCC(N)=O)NC(=O)[C@@H](CC(C)C)NC(=O)OCc1ccccc1. The molecule has 0 aromatic heterocycles. The first kappa shape index (κ1) is 26.2. The first-order valence-corrected chi connectivity index (χ1v) is 10.6. The van der Waals surface area contributed by atoms with Gasteiger partial charge in [-0.05, 0) is 24.3 Å². The first-order valence-electron chi connectivity index (χ1n) is 10.1. The van der Waals surface area contributed by atoms with Gasteiger partial charge in [0.05, 0.1) is 6.54 Å². The highest BCUT2D eigenvalue weighted by atomic mass is 35.5. The fourth-order valence-corrected chi connectivity index (χ4v) is 2.73. The van der Waals surface area contributed by atoms with Crippen molar-refractivity contribution in [2.24, 2.45) is 11.7 Å². The van der Waals surface area contributed by atoms with Crippen LogP contribution in [-0.2, 0) is 25.7 Å². The number of nitrogens with two attached hydrogens (primary N) is 1. The van der Waals surface area contributed by atoms with Gasteiger partial charge in [0, 0.05) is 6.42 Å². The van der Waals surface area contributed by atoms with E-state index in [9.17, 15) is 19.2 Å². The molecule has 1 unspecified atom stereocenters. The number of halogens is 1. The minimum atomic E-state index is -0.956. The van der Waals surface area contributed by atoms with Crippen LogP contribution < -0.4 is 16.5 Å². The molecule has 0 heterocycles. The van der Waals surface area contributed by atoms with Crippen molar-refractivity contribution in [3.63, 3.8) is 0 Å². The van der Waals surface area contributed by atoms with E-state index in [1.807, 2.05) is 44.2 Å². The summed E-state index contributed by atoms with van der Waals surface area (Å²) in [6, 6.07) is 8.16. The maximum absolute atomic E-state index is 12.8. The number of carbonyl (C=O) groups is 4. The number of hydrogen-bond donors (Lipinski definition) is 3. The Bertz CT molecular complexity index is 745. The zero-order valence-electron chi connectivity index (χ0n) is 18.1. The summed E-state index contributed by atoms with van der Waals surface area (Å²) >= 11 is 6.01. The Morgan fingerprint density at radius 1 is 1.16 bits per heavy atom. The van der Waals surface area contributed by atoms with Gasteiger partial charge in [0.1, 0.15) is 18.0 Å². The summed E-state index contributed by atoms with van der Waals surface area (Å²) in [5, 5.41) is 2.63. The smallest absolute Gasteiger partial charge is 0.408 e. The molecule has 0 saturated heterocycles. The molecule has 1 aromatic carbocycles. The first-order chi connectivity index (χ1) is 14.6. The maximum atomic E-state index is 12.8. The van der Waals surface area contributed by atoms with Crippen molar-refractivity contribution in [3.8, 4) is 0 Å². The van der Waals surface area contributed by atoms with Crippen molar-refractivity contribution in [1.82, 2.24) is 15.8 Å². The van der Waals surface area contributed by atoms with Gasteiger partial charge in [-0.1, -0.05) is 51.1 Å². The maximum Gasteiger partial charge on any atom is 0.408 e. The summed E-state index contributed by atoms with van der Waals surface area (Å²) in [6.45, 7) is 5.42. The lowest BCUT2D eigenvalue weighted by Gasteiger charge is -2.28. The number of benzene rings is 1. The Kier molecular flexibility index (Phi) is 11.4. The van der Waals surface area contributed by atoms with Crippen molar-refractivity contribution in [2.75, 3.05) is 6.54 Å². The fraction of sp³-hybridized carbons (Fsp3) is 0.524. The molecule has 31 heavy (non-hydrogen) atoms. The molecule has 0 bridgehead atoms. The lowest BCUT2D eigenvalue weighted by Crippen LogP contribution is -2.56. The lowest BCUT2D eigenvalue weighted by molar-refractivity contribution is -0.142. The molecular formula is C21H31ClN4O5. The second kappa shape index (κ2) is 13.5. The third kappa shape index (κ3) is 10.2. The average Bonchev–Trinajstić information content (AvgIpc) is 2.73. The Morgan fingerprint density at radius 2 is 1.81 bits per heavy atom. The number of hydrogen-bond acceptors (Lipinski definition) is 5. The Hall–Kier alpha value is -2.81. The van der Waals surface area contributed by atoms with E-state index in [0.717, 1.165) is 10.6 Å². The molecule has 172 valence electrons. The summed E-state index contributed by atoms with van der Waals surface area (Å²) in [7, 11) is 0. The summed E-state index contributed by atoms with van der Waals surface area (Å²) in [4.78, 5) is 48.6. The third-order valence-corrected chi connectivity index (χ3v) is 4.74. The number of hydrazine groups is 1. The van der Waals surface area contributed by atoms with E-state index in [2.05, 4.69) is 10.7 Å². The quantitative estimate of drug-likeness (QED) is 0.348. The van der Waals surface area contributed by atoms with Crippen molar-refractivity contribution in [1.29, 1.82) is 0 Å². The number of nitrogens with one attached hydrogen (secondary N) is 2. The zero-order valence-corrected chi connectivity index (χ0v) is 18.9. The van der Waals surface area contributed by atoms with E-state index in [0.29, 0.717) is 12.8 Å². The zero-order chi connectivity index (χ0) is 23.4. The molecule has 0 aliphatic carbocycles. The molecule has 0 radical (unpaired) electrons. The molecule has 0 aliphatic heterocycles. The summed E-state index contributed by atoms with van der Waals surface area (Å²) in [6.07, 6.45) is -0.269. The highest BCUT2D eigenvalue weighted by Gasteiger charge is 2.28. The van der Waals surface area contributed by atoms with E-state index >= 15 is 0 Å². The highest BCUT2D eigenvalue weighted by molar-refractivity contribution is 6.30. The van der Waals surface area contributed by atoms with Crippen LogP contribution in [0.5, 0.6) is 0 Å². The summed E-state index contributed by atoms with van der Waals surface area (Å²) in [5.74, 6) is -1.75. The molecule has 1 aromatic rings. The monoisotopic (exact) mass is 454 g/mol. The van der Waals surface area contributed by atoms with Crippen LogP contribution in [-0.4, -0.2) is 46.8 Å². The van der Waals surface area contributed by atoms with E-state index in [1.165, 1.54) is 0 Å². The summed E-state index contributed by atoms with van der Waals surface area (Å²) in [5.41, 5.74) is 8.42. The van der Waals surface area contributed by atoms with Gasteiger partial charge < -0.3 is 15.8 Å². The van der Waals surface area contributed by atoms with E-state index in [-0.39, 0.29) is 25.5 Å². The van der Waals surface area contributed by atoms with Crippen molar-refractivity contribution in [3.05, 3.63) is 35.9 Å². The number of amides is 4. The molecular weight excluding hydrogens is 424 g/mol. The van der Waals surface area contributed by atoms with Crippen LogP contribution in [0.1, 0.15) is 45.6 Å². The van der Waals surface area contributed by atoms with Gasteiger partial charge in [0.25, 0.3) is 11.8 Å². The molecule has 9 nitrogen and oxygen atoms in total. The number of rotatable bonds is 11. The fourth-order valence-electron chi connectivity index (χ4n) is 2.61. The number of alkyl halides is 1.